The van der Waals surface area contributed by atoms with Crippen molar-refractivity contribution in [1.82, 2.24) is 4.98 Å². The van der Waals surface area contributed by atoms with Crippen molar-refractivity contribution in [3.05, 3.63) is 54.2 Å². The van der Waals surface area contributed by atoms with E-state index in [1.807, 2.05) is 30.5 Å². The van der Waals surface area contributed by atoms with Gasteiger partial charge in [-0.3, -0.25) is 4.98 Å². The Kier molecular flexibility index (Phi) is 16.1. The molecule has 0 aliphatic heterocycles. The molecule has 2 rings (SSSR count). The molecule has 1 heterocycles. The van der Waals surface area contributed by atoms with Crippen LogP contribution in [-0.4, -0.2) is 60.4 Å². The summed E-state index contributed by atoms with van der Waals surface area (Å²) in [5, 5.41) is 0. The zero-order valence-corrected chi connectivity index (χ0v) is 21.9. The Morgan fingerprint density at radius 1 is 0.632 bits per heavy atom. The van der Waals surface area contributed by atoms with Crippen molar-refractivity contribution >= 4 is 30.4 Å². The molecule has 1 aromatic carbocycles. The minimum atomic E-state index is -6.09. The third kappa shape index (κ3) is 16.8. The number of aromatic nitrogens is 1. The summed E-state index contributed by atoms with van der Waals surface area (Å²) in [5.41, 5.74) is -13.5. The molecule has 0 aliphatic carbocycles. The van der Waals surface area contributed by atoms with Gasteiger partial charge in [0, 0.05) is 11.8 Å². The number of aryl methyl sites for hydroxylation is 1. The number of pyridine rings is 1. The van der Waals surface area contributed by atoms with Crippen molar-refractivity contribution in [1.29, 1.82) is 0 Å². The van der Waals surface area contributed by atoms with Crippen molar-refractivity contribution in [2.45, 2.75) is 23.4 Å². The van der Waals surface area contributed by atoms with E-state index in [-0.39, 0.29) is 19.5 Å². The minimum absolute atomic E-state index is 0. The average molecular weight is 718 g/mol. The van der Waals surface area contributed by atoms with E-state index in [4.69, 9.17) is 38.9 Å². The van der Waals surface area contributed by atoms with Crippen LogP contribution in [0.3, 0.4) is 0 Å². The molecule has 0 unspecified atom stereocenters. The normalized spacial score (nSPS) is 12.2. The second kappa shape index (κ2) is 15.0. The van der Waals surface area contributed by atoms with Gasteiger partial charge in [0.2, 0.25) is 0 Å². The maximum absolute atomic E-state index is 10.7. The summed E-state index contributed by atoms with van der Waals surface area (Å²) < 4.78 is 177. The van der Waals surface area contributed by atoms with Gasteiger partial charge >= 0.3 is 36.0 Å². The number of rotatable bonds is 1. The molecule has 1 radical (unpaired) electrons. The van der Waals surface area contributed by atoms with Gasteiger partial charge in [-0.15, -0.1) is 0 Å². The van der Waals surface area contributed by atoms with Crippen molar-refractivity contribution < 1.29 is 97.9 Å². The zero-order chi connectivity index (χ0) is 30.1. The molecular weight excluding hydrogens is 706 g/mol. The molecule has 0 saturated heterocycles. The number of hydrogen-bond donors (Lipinski definition) is 0. The van der Waals surface area contributed by atoms with Gasteiger partial charge in [-0.25, -0.2) is 25.3 Å². The molecule has 0 aliphatic rings. The molecule has 0 bridgehead atoms. The Morgan fingerprint density at radius 3 is 1.16 bits per heavy atom. The molecule has 1 aromatic heterocycles. The molecule has 0 saturated carbocycles. The maximum Gasteiger partial charge on any atom is 3.00 e. The molecule has 0 N–H and O–H groups in total. The van der Waals surface area contributed by atoms with E-state index < -0.39 is 46.9 Å². The van der Waals surface area contributed by atoms with Crippen molar-refractivity contribution in [2.75, 3.05) is 0 Å². The number of benzene rings is 1. The van der Waals surface area contributed by atoms with Crippen LogP contribution < -0.4 is 0 Å². The summed E-state index contributed by atoms with van der Waals surface area (Å²) in [7, 11) is -18.3. The van der Waals surface area contributed by atoms with Gasteiger partial charge in [-0.2, -0.15) is 39.5 Å². The van der Waals surface area contributed by atoms with Crippen LogP contribution in [0.4, 0.5) is 39.5 Å². The molecule has 23 heteroatoms. The van der Waals surface area contributed by atoms with Gasteiger partial charge in [0.1, 0.15) is 0 Å². The fourth-order valence-corrected chi connectivity index (χ4v) is 1.30. The average Bonchev–Trinajstić information content (AvgIpc) is 2.65. The largest absolute Gasteiger partial charge is 3.00 e. The fourth-order valence-electron chi connectivity index (χ4n) is 1.30. The third-order valence-corrected chi connectivity index (χ3v) is 4.54. The van der Waals surface area contributed by atoms with Crippen LogP contribution in [0.15, 0.2) is 48.7 Å². The first-order chi connectivity index (χ1) is 16.1. The number of hydrogen-bond acceptors (Lipinski definition) is 10. The molecule has 2 aromatic rings. The number of halogens is 9. The second-order valence-electron chi connectivity index (χ2n) is 5.78. The summed E-state index contributed by atoms with van der Waals surface area (Å²) in [5.74, 6) is 0. The smallest absolute Gasteiger partial charge is 0.741 e. The quantitative estimate of drug-likeness (QED) is 0.184. The van der Waals surface area contributed by atoms with Crippen molar-refractivity contribution in [3.8, 4) is 11.3 Å². The minimum Gasteiger partial charge on any atom is -0.741 e. The van der Waals surface area contributed by atoms with E-state index in [0.717, 1.165) is 5.69 Å². The third-order valence-electron chi connectivity index (χ3n) is 2.84. The molecule has 219 valence electrons. The van der Waals surface area contributed by atoms with Crippen LogP contribution >= 0.6 is 0 Å². The standard InChI is InChI=1S/C12H11N.3CHF3O3S.Ru/c1-10-7-8-13-12(9-10)11-5-3-2-4-6-11;3*2-1(3,4)8(5,6)7;/h2-9H,1H3;3*(H,5,6,7);/q;;;;+3/p-3. The predicted molar refractivity (Wildman–Crippen MR) is 102 cm³/mol. The van der Waals surface area contributed by atoms with Gasteiger partial charge in [0.25, 0.3) is 0 Å². The van der Waals surface area contributed by atoms with Crippen LogP contribution in [0.2, 0.25) is 0 Å². The molecule has 0 atom stereocenters. The van der Waals surface area contributed by atoms with Gasteiger partial charge in [-0.1, -0.05) is 30.3 Å². The van der Waals surface area contributed by atoms with Gasteiger partial charge in [0.15, 0.2) is 30.4 Å². The summed E-state index contributed by atoms with van der Waals surface area (Å²) >= 11 is 0. The van der Waals surface area contributed by atoms with Crippen LogP contribution in [0.1, 0.15) is 5.56 Å². The van der Waals surface area contributed by atoms with E-state index in [9.17, 15) is 39.5 Å². The second-order valence-corrected chi connectivity index (χ2v) is 9.90. The van der Waals surface area contributed by atoms with E-state index in [1.165, 1.54) is 11.1 Å². The first-order valence-electron chi connectivity index (χ1n) is 8.16. The van der Waals surface area contributed by atoms with E-state index >= 15 is 0 Å². The summed E-state index contributed by atoms with van der Waals surface area (Å²) in [6, 6.07) is 14.3. The zero-order valence-electron chi connectivity index (χ0n) is 17.7. The molecule has 0 fully saturated rings. The van der Waals surface area contributed by atoms with E-state index in [2.05, 4.69) is 30.1 Å². The van der Waals surface area contributed by atoms with Gasteiger partial charge in [0.05, 0.1) is 5.69 Å². The SMILES string of the molecule is Cc1ccnc(-c2ccccc2)c1.O=S(=O)([O-])C(F)(F)F.O=S(=O)([O-])C(F)(F)F.O=S(=O)([O-])C(F)(F)F.[Ru+3]. The Balaban J connectivity index is -0.000000441. The molecule has 0 amide bonds. The Bertz CT molecular complexity index is 1210. The molecular formula is C15H11F9NO9RuS3. The fraction of sp³-hybridized carbons (Fsp3) is 0.267. The topological polar surface area (TPSA) is 184 Å². The first-order valence-corrected chi connectivity index (χ1v) is 12.4. The first kappa shape index (κ1) is 40.6. The number of alkyl halides is 9. The van der Waals surface area contributed by atoms with Crippen molar-refractivity contribution in [2.24, 2.45) is 0 Å². The van der Waals surface area contributed by atoms with Crippen LogP contribution in [0.25, 0.3) is 11.3 Å². The summed E-state index contributed by atoms with van der Waals surface area (Å²) in [4.78, 5) is 4.31. The molecule has 0 spiro atoms. The summed E-state index contributed by atoms with van der Waals surface area (Å²) in [6.07, 6.45) is 1.84. The van der Waals surface area contributed by atoms with Crippen LogP contribution in [0.5, 0.6) is 0 Å². The van der Waals surface area contributed by atoms with E-state index in [0.29, 0.717) is 0 Å². The van der Waals surface area contributed by atoms with Crippen molar-refractivity contribution in [3.63, 3.8) is 0 Å². The predicted octanol–water partition coefficient (Wildman–Crippen LogP) is 3.21. The Hall–Kier alpha value is -1.91. The Morgan fingerprint density at radius 2 is 0.921 bits per heavy atom. The van der Waals surface area contributed by atoms with Crippen LogP contribution in [-0.2, 0) is 49.8 Å². The molecule has 38 heavy (non-hydrogen) atoms. The molecule has 10 nitrogen and oxygen atoms in total. The maximum atomic E-state index is 10.7. The van der Waals surface area contributed by atoms with Gasteiger partial charge in [-0.05, 0) is 24.6 Å². The van der Waals surface area contributed by atoms with Gasteiger partial charge < -0.3 is 13.7 Å². The Labute approximate surface area is 221 Å². The monoisotopic (exact) mass is 718 g/mol. The van der Waals surface area contributed by atoms with E-state index in [1.54, 1.807) is 0 Å². The number of nitrogens with zero attached hydrogens (tertiary/aromatic N) is 1. The van der Waals surface area contributed by atoms with Crippen LogP contribution in [0, 0.1) is 6.92 Å². The summed E-state index contributed by atoms with van der Waals surface area (Å²) in [6.45, 7) is 2.08.